The number of pyridine rings is 1. The SMILES string of the molecule is Nc1oc2ccccc2c(=O)c1-c1nc2ccccn2c1NCc1ccccc1. The maximum Gasteiger partial charge on any atom is 0.204 e. The molecule has 3 N–H and O–H groups in total. The molecule has 0 radical (unpaired) electrons. The summed E-state index contributed by atoms with van der Waals surface area (Å²) in [5.41, 5.74) is 9.00. The van der Waals surface area contributed by atoms with Gasteiger partial charge in [-0.2, -0.15) is 0 Å². The van der Waals surface area contributed by atoms with Gasteiger partial charge in [0.1, 0.15) is 28.3 Å². The predicted octanol–water partition coefficient (Wildman–Crippen LogP) is 4.30. The summed E-state index contributed by atoms with van der Waals surface area (Å²) in [7, 11) is 0. The summed E-state index contributed by atoms with van der Waals surface area (Å²) >= 11 is 0. The van der Waals surface area contributed by atoms with Gasteiger partial charge < -0.3 is 15.5 Å². The Morgan fingerprint density at radius 3 is 2.59 bits per heavy atom. The first-order valence-electron chi connectivity index (χ1n) is 9.29. The van der Waals surface area contributed by atoms with Crippen LogP contribution < -0.4 is 16.5 Å². The standard InChI is InChI=1S/C23H18N4O2/c24-22-19(21(28)16-10-4-5-11-17(16)29-22)20-23(25-14-15-8-2-1-3-9-15)27-13-7-6-12-18(27)26-20/h1-13,25H,14,24H2. The number of aromatic nitrogens is 2. The number of nitrogens with one attached hydrogen (secondary N) is 1. The van der Waals surface area contributed by atoms with Gasteiger partial charge in [0.25, 0.3) is 0 Å². The number of nitrogens with zero attached hydrogens (tertiary/aromatic N) is 2. The van der Waals surface area contributed by atoms with Crippen molar-refractivity contribution in [3.05, 3.63) is 94.8 Å². The normalized spacial score (nSPS) is 11.2. The zero-order valence-corrected chi connectivity index (χ0v) is 15.5. The van der Waals surface area contributed by atoms with Gasteiger partial charge in [-0.05, 0) is 29.8 Å². The molecule has 0 aliphatic heterocycles. The van der Waals surface area contributed by atoms with Crippen LogP contribution in [0.25, 0.3) is 27.9 Å². The van der Waals surface area contributed by atoms with Crippen molar-refractivity contribution in [2.45, 2.75) is 6.54 Å². The third kappa shape index (κ3) is 2.91. The molecule has 5 aromatic rings. The monoisotopic (exact) mass is 382 g/mol. The second-order valence-electron chi connectivity index (χ2n) is 6.74. The Labute approximate surface area is 166 Å². The van der Waals surface area contributed by atoms with Crippen LogP contribution in [0.4, 0.5) is 11.7 Å². The highest BCUT2D eigenvalue weighted by Gasteiger charge is 2.22. The lowest BCUT2D eigenvalue weighted by Crippen LogP contribution is -2.11. The molecule has 29 heavy (non-hydrogen) atoms. The Kier molecular flexibility index (Phi) is 4.02. The number of hydrogen-bond donors (Lipinski definition) is 2. The fourth-order valence-corrected chi connectivity index (χ4v) is 3.50. The molecule has 3 aromatic heterocycles. The second-order valence-corrected chi connectivity index (χ2v) is 6.74. The van der Waals surface area contributed by atoms with Gasteiger partial charge in [0.15, 0.2) is 0 Å². The van der Waals surface area contributed by atoms with E-state index < -0.39 is 0 Å². The van der Waals surface area contributed by atoms with E-state index in [0.29, 0.717) is 34.7 Å². The number of nitrogens with two attached hydrogens (primary N) is 1. The Bertz CT molecular complexity index is 1390. The zero-order valence-electron chi connectivity index (χ0n) is 15.5. The molecule has 0 aliphatic carbocycles. The number of anilines is 2. The molecule has 0 bridgehead atoms. The van der Waals surface area contributed by atoms with Gasteiger partial charge in [0, 0.05) is 12.7 Å². The van der Waals surface area contributed by atoms with Gasteiger partial charge in [-0.15, -0.1) is 0 Å². The van der Waals surface area contributed by atoms with Gasteiger partial charge >= 0.3 is 0 Å². The molecule has 3 heterocycles. The lowest BCUT2D eigenvalue weighted by atomic mass is 10.1. The first kappa shape index (κ1) is 17.1. The zero-order chi connectivity index (χ0) is 19.8. The molecule has 0 amide bonds. The lowest BCUT2D eigenvalue weighted by Gasteiger charge is -2.10. The van der Waals surface area contributed by atoms with Crippen molar-refractivity contribution < 1.29 is 4.42 Å². The summed E-state index contributed by atoms with van der Waals surface area (Å²) in [5, 5.41) is 3.89. The Morgan fingerprint density at radius 1 is 0.966 bits per heavy atom. The molecule has 6 heteroatoms. The molecule has 0 saturated heterocycles. The van der Waals surface area contributed by atoms with Crippen LogP contribution in [-0.4, -0.2) is 9.38 Å². The largest absolute Gasteiger partial charge is 0.440 e. The van der Waals surface area contributed by atoms with E-state index >= 15 is 0 Å². The van der Waals surface area contributed by atoms with E-state index in [0.717, 1.165) is 5.56 Å². The molecule has 6 nitrogen and oxygen atoms in total. The highest BCUT2D eigenvalue weighted by Crippen LogP contribution is 2.32. The molecule has 0 aliphatic rings. The fourth-order valence-electron chi connectivity index (χ4n) is 3.50. The molecule has 0 atom stereocenters. The van der Waals surface area contributed by atoms with E-state index in [1.165, 1.54) is 0 Å². The highest BCUT2D eigenvalue weighted by atomic mass is 16.3. The lowest BCUT2D eigenvalue weighted by molar-refractivity contribution is 0.626. The van der Waals surface area contributed by atoms with Crippen molar-refractivity contribution in [2.75, 3.05) is 11.1 Å². The van der Waals surface area contributed by atoms with Gasteiger partial charge in [-0.3, -0.25) is 9.20 Å². The maximum absolute atomic E-state index is 13.2. The van der Waals surface area contributed by atoms with Crippen molar-refractivity contribution in [1.29, 1.82) is 0 Å². The van der Waals surface area contributed by atoms with Crippen molar-refractivity contribution in [2.24, 2.45) is 0 Å². The molecule has 142 valence electrons. The molecule has 2 aromatic carbocycles. The van der Waals surface area contributed by atoms with Crippen LogP contribution >= 0.6 is 0 Å². The third-order valence-corrected chi connectivity index (χ3v) is 4.89. The Hall–Kier alpha value is -4.06. The summed E-state index contributed by atoms with van der Waals surface area (Å²) in [6.45, 7) is 0.579. The van der Waals surface area contributed by atoms with Crippen molar-refractivity contribution in [3.63, 3.8) is 0 Å². The molecule has 5 rings (SSSR count). The number of nitrogen functional groups attached to an aromatic ring is 1. The van der Waals surface area contributed by atoms with Crippen LogP contribution in [0.3, 0.4) is 0 Å². The van der Waals surface area contributed by atoms with E-state index in [9.17, 15) is 4.79 Å². The second kappa shape index (κ2) is 6.83. The van der Waals surface area contributed by atoms with E-state index in [1.54, 1.807) is 18.2 Å². The number of rotatable bonds is 4. The summed E-state index contributed by atoms with van der Waals surface area (Å²) in [6.07, 6.45) is 1.90. The van der Waals surface area contributed by atoms with Gasteiger partial charge in [-0.25, -0.2) is 4.98 Å². The number of imidazole rings is 1. The topological polar surface area (TPSA) is 85.6 Å². The van der Waals surface area contributed by atoms with Crippen molar-refractivity contribution >= 4 is 28.3 Å². The molecular formula is C23H18N4O2. The first-order chi connectivity index (χ1) is 14.2. The van der Waals surface area contributed by atoms with Crippen LogP contribution in [-0.2, 0) is 6.54 Å². The Balaban J connectivity index is 1.71. The molecule has 0 unspecified atom stereocenters. The van der Waals surface area contributed by atoms with Crippen LogP contribution in [0.5, 0.6) is 0 Å². The van der Waals surface area contributed by atoms with E-state index in [4.69, 9.17) is 10.2 Å². The first-order valence-corrected chi connectivity index (χ1v) is 9.29. The molecule has 0 spiro atoms. The minimum absolute atomic E-state index is 0.0554. The smallest absolute Gasteiger partial charge is 0.204 e. The van der Waals surface area contributed by atoms with Gasteiger partial charge in [0.05, 0.1) is 5.39 Å². The fraction of sp³-hybridized carbons (Fsp3) is 0.0435. The van der Waals surface area contributed by atoms with Crippen LogP contribution in [0.15, 0.2) is 88.2 Å². The summed E-state index contributed by atoms with van der Waals surface area (Å²) < 4.78 is 7.65. The summed E-state index contributed by atoms with van der Waals surface area (Å²) in [6, 6.07) is 22.8. The van der Waals surface area contributed by atoms with Crippen LogP contribution in [0, 0.1) is 0 Å². The van der Waals surface area contributed by atoms with E-state index in [1.807, 2.05) is 65.2 Å². The molecule has 0 fully saturated rings. The van der Waals surface area contributed by atoms with Crippen LogP contribution in [0.1, 0.15) is 5.56 Å². The number of hydrogen-bond acceptors (Lipinski definition) is 5. The summed E-state index contributed by atoms with van der Waals surface area (Å²) in [5.74, 6) is 0.749. The molecular weight excluding hydrogens is 364 g/mol. The van der Waals surface area contributed by atoms with E-state index in [-0.39, 0.29) is 16.9 Å². The molecule has 0 saturated carbocycles. The summed E-state index contributed by atoms with van der Waals surface area (Å²) in [4.78, 5) is 17.9. The number of fused-ring (bicyclic) bond motifs is 2. The number of benzene rings is 2. The van der Waals surface area contributed by atoms with E-state index in [2.05, 4.69) is 10.3 Å². The van der Waals surface area contributed by atoms with Crippen molar-refractivity contribution in [1.82, 2.24) is 9.38 Å². The predicted molar refractivity (Wildman–Crippen MR) is 115 cm³/mol. The minimum atomic E-state index is -0.199. The highest BCUT2D eigenvalue weighted by molar-refractivity contribution is 5.89. The average Bonchev–Trinajstić information content (AvgIpc) is 3.11. The third-order valence-electron chi connectivity index (χ3n) is 4.89. The van der Waals surface area contributed by atoms with Gasteiger partial charge in [0.2, 0.25) is 11.3 Å². The minimum Gasteiger partial charge on any atom is -0.440 e. The number of para-hydroxylation sites is 1. The van der Waals surface area contributed by atoms with Crippen molar-refractivity contribution in [3.8, 4) is 11.3 Å². The quantitative estimate of drug-likeness (QED) is 0.484. The average molecular weight is 382 g/mol. The van der Waals surface area contributed by atoms with Crippen LogP contribution in [0.2, 0.25) is 0 Å². The maximum atomic E-state index is 13.2. The van der Waals surface area contributed by atoms with Gasteiger partial charge in [-0.1, -0.05) is 48.5 Å². The Morgan fingerprint density at radius 2 is 1.72 bits per heavy atom.